The number of hydrogen-bond acceptors (Lipinski definition) is 5. The van der Waals surface area contributed by atoms with Gasteiger partial charge in [-0.15, -0.1) is 0 Å². The van der Waals surface area contributed by atoms with Crippen molar-refractivity contribution >= 4 is 5.91 Å². The minimum absolute atomic E-state index is 0.0318. The number of aromatic nitrogens is 2. The summed E-state index contributed by atoms with van der Waals surface area (Å²) < 4.78 is 11.0. The van der Waals surface area contributed by atoms with Gasteiger partial charge < -0.3 is 14.4 Å². The molecule has 0 unspecified atom stereocenters. The highest BCUT2D eigenvalue weighted by Gasteiger charge is 2.25. The number of benzene rings is 1. The third kappa shape index (κ3) is 3.77. The predicted molar refractivity (Wildman–Crippen MR) is 84.6 cm³/mol. The van der Waals surface area contributed by atoms with Gasteiger partial charge in [0.1, 0.15) is 18.2 Å². The van der Waals surface area contributed by atoms with Crippen LogP contribution in [0.5, 0.6) is 11.6 Å². The molecule has 6 nitrogen and oxygen atoms in total. The Hall–Kier alpha value is -2.63. The lowest BCUT2D eigenvalue weighted by atomic mass is 10.1. The molecule has 1 aromatic carbocycles. The summed E-state index contributed by atoms with van der Waals surface area (Å²) in [4.78, 5) is 22.3. The Balaban J connectivity index is 1.57. The van der Waals surface area contributed by atoms with Crippen LogP contribution in [0.1, 0.15) is 23.2 Å². The molecule has 2 heterocycles. The zero-order chi connectivity index (χ0) is 16.1. The monoisotopic (exact) mass is 313 g/mol. The van der Waals surface area contributed by atoms with E-state index in [9.17, 15) is 4.79 Å². The summed E-state index contributed by atoms with van der Waals surface area (Å²) in [5.74, 6) is 1.31. The molecule has 0 N–H and O–H groups in total. The number of likely N-dealkylation sites (tertiary alicyclic amines) is 1. The van der Waals surface area contributed by atoms with Crippen LogP contribution in [-0.2, 0) is 0 Å². The number of carbonyl (C=O) groups excluding carboxylic acids is 1. The second-order valence-electron chi connectivity index (χ2n) is 5.39. The number of amides is 1. The highest BCUT2D eigenvalue weighted by atomic mass is 16.5. The highest BCUT2D eigenvalue weighted by molar-refractivity contribution is 5.94. The minimum Gasteiger partial charge on any atom is -0.497 e. The largest absolute Gasteiger partial charge is 0.497 e. The fourth-order valence-corrected chi connectivity index (χ4v) is 2.63. The molecule has 6 heteroatoms. The van der Waals surface area contributed by atoms with Crippen molar-refractivity contribution in [2.24, 2.45) is 0 Å². The van der Waals surface area contributed by atoms with Crippen molar-refractivity contribution in [3.63, 3.8) is 0 Å². The van der Waals surface area contributed by atoms with E-state index in [-0.39, 0.29) is 12.0 Å². The molecular weight excluding hydrogens is 294 g/mol. The standard InChI is InChI=1S/C17H19N3O3/c1-22-15-4-2-3-13(11-15)17(21)20-9-6-14(7-10-20)23-16-5-8-18-12-19-16/h2-5,8,11-12,14H,6-7,9-10H2,1H3. The van der Waals surface area contributed by atoms with Crippen molar-refractivity contribution < 1.29 is 14.3 Å². The smallest absolute Gasteiger partial charge is 0.253 e. The normalized spacial score (nSPS) is 15.3. The summed E-state index contributed by atoms with van der Waals surface area (Å²) in [5.41, 5.74) is 0.652. The molecule has 120 valence electrons. The van der Waals surface area contributed by atoms with Crippen LogP contribution in [0, 0.1) is 0 Å². The van der Waals surface area contributed by atoms with Crippen LogP contribution in [0.15, 0.2) is 42.9 Å². The summed E-state index contributed by atoms with van der Waals surface area (Å²) in [7, 11) is 1.60. The fourth-order valence-electron chi connectivity index (χ4n) is 2.63. The molecule has 1 fully saturated rings. The summed E-state index contributed by atoms with van der Waals surface area (Å²) >= 11 is 0. The van der Waals surface area contributed by atoms with Crippen molar-refractivity contribution in [1.82, 2.24) is 14.9 Å². The van der Waals surface area contributed by atoms with Crippen LogP contribution in [-0.4, -0.2) is 47.1 Å². The number of rotatable bonds is 4. The number of hydrogen-bond donors (Lipinski definition) is 0. The first-order chi connectivity index (χ1) is 11.3. The van der Waals surface area contributed by atoms with Crippen LogP contribution in [0.3, 0.4) is 0 Å². The molecule has 0 bridgehead atoms. The Kier molecular flexibility index (Phi) is 4.71. The van der Waals surface area contributed by atoms with Gasteiger partial charge in [-0.2, -0.15) is 0 Å². The first-order valence-electron chi connectivity index (χ1n) is 7.62. The number of methoxy groups -OCH3 is 1. The van der Waals surface area contributed by atoms with E-state index in [0.29, 0.717) is 30.3 Å². The maximum absolute atomic E-state index is 12.5. The van der Waals surface area contributed by atoms with Gasteiger partial charge >= 0.3 is 0 Å². The molecule has 0 spiro atoms. The van der Waals surface area contributed by atoms with E-state index < -0.39 is 0 Å². The summed E-state index contributed by atoms with van der Waals surface area (Å²) in [6.07, 6.45) is 4.79. The molecule has 1 amide bonds. The molecular formula is C17H19N3O3. The van der Waals surface area contributed by atoms with E-state index in [1.54, 1.807) is 25.4 Å². The van der Waals surface area contributed by atoms with Crippen molar-refractivity contribution in [1.29, 1.82) is 0 Å². The molecule has 3 rings (SSSR count). The average molecular weight is 313 g/mol. The van der Waals surface area contributed by atoms with E-state index >= 15 is 0 Å². The molecule has 1 aromatic heterocycles. The van der Waals surface area contributed by atoms with Crippen molar-refractivity contribution in [3.05, 3.63) is 48.4 Å². The number of nitrogens with zero attached hydrogens (tertiary/aromatic N) is 3. The molecule has 0 radical (unpaired) electrons. The molecule has 0 saturated carbocycles. The third-order valence-electron chi connectivity index (χ3n) is 3.89. The van der Waals surface area contributed by atoms with Gasteiger partial charge in [-0.25, -0.2) is 9.97 Å². The van der Waals surface area contributed by atoms with E-state index in [2.05, 4.69) is 9.97 Å². The van der Waals surface area contributed by atoms with Crippen LogP contribution in [0.25, 0.3) is 0 Å². The molecule has 1 saturated heterocycles. The lowest BCUT2D eigenvalue weighted by Crippen LogP contribution is -2.41. The average Bonchev–Trinajstić information content (AvgIpc) is 2.63. The molecule has 0 atom stereocenters. The summed E-state index contributed by atoms with van der Waals surface area (Å²) in [5, 5.41) is 0. The second kappa shape index (κ2) is 7.09. The highest BCUT2D eigenvalue weighted by Crippen LogP contribution is 2.20. The molecule has 2 aromatic rings. The fraction of sp³-hybridized carbons (Fsp3) is 0.353. The van der Waals surface area contributed by atoms with E-state index in [1.807, 2.05) is 23.1 Å². The van der Waals surface area contributed by atoms with Gasteiger partial charge in [0.05, 0.1) is 7.11 Å². The number of ether oxygens (including phenoxy) is 2. The van der Waals surface area contributed by atoms with Crippen LogP contribution in [0.4, 0.5) is 0 Å². The van der Waals surface area contributed by atoms with Gasteiger partial charge in [-0.3, -0.25) is 4.79 Å². The third-order valence-corrected chi connectivity index (χ3v) is 3.89. The minimum atomic E-state index is 0.0318. The van der Waals surface area contributed by atoms with E-state index in [1.165, 1.54) is 6.33 Å². The molecule has 1 aliphatic rings. The summed E-state index contributed by atoms with van der Waals surface area (Å²) in [6, 6.07) is 8.99. The molecule has 1 aliphatic heterocycles. The number of piperidine rings is 1. The zero-order valence-electron chi connectivity index (χ0n) is 13.0. The Morgan fingerprint density at radius 3 is 2.78 bits per heavy atom. The van der Waals surface area contributed by atoms with E-state index in [4.69, 9.17) is 9.47 Å². The van der Waals surface area contributed by atoms with Gasteiger partial charge in [0.25, 0.3) is 5.91 Å². The quantitative estimate of drug-likeness (QED) is 0.865. The topological polar surface area (TPSA) is 64.5 Å². The molecule has 23 heavy (non-hydrogen) atoms. The first kappa shape index (κ1) is 15.3. The Labute approximate surface area is 135 Å². The Morgan fingerprint density at radius 2 is 2.09 bits per heavy atom. The Morgan fingerprint density at radius 1 is 1.26 bits per heavy atom. The zero-order valence-corrected chi connectivity index (χ0v) is 13.0. The molecule has 0 aliphatic carbocycles. The Bertz CT molecular complexity index is 655. The SMILES string of the molecule is COc1cccc(C(=O)N2CCC(Oc3ccncn3)CC2)c1. The predicted octanol–water partition coefficient (Wildman–Crippen LogP) is 2.17. The van der Waals surface area contributed by atoms with Gasteiger partial charge in [-0.1, -0.05) is 6.07 Å². The van der Waals surface area contributed by atoms with Crippen molar-refractivity contribution in [2.45, 2.75) is 18.9 Å². The van der Waals surface area contributed by atoms with Gasteiger partial charge in [-0.05, 0) is 18.2 Å². The second-order valence-corrected chi connectivity index (χ2v) is 5.39. The van der Waals surface area contributed by atoms with Gasteiger partial charge in [0, 0.05) is 43.8 Å². The van der Waals surface area contributed by atoms with Gasteiger partial charge in [0.15, 0.2) is 0 Å². The summed E-state index contributed by atoms with van der Waals surface area (Å²) in [6.45, 7) is 1.34. The van der Waals surface area contributed by atoms with Crippen molar-refractivity contribution in [2.75, 3.05) is 20.2 Å². The lowest BCUT2D eigenvalue weighted by molar-refractivity contribution is 0.0587. The van der Waals surface area contributed by atoms with Crippen LogP contribution in [0.2, 0.25) is 0 Å². The number of carbonyl (C=O) groups is 1. The maximum Gasteiger partial charge on any atom is 0.253 e. The van der Waals surface area contributed by atoms with Crippen molar-refractivity contribution in [3.8, 4) is 11.6 Å². The lowest BCUT2D eigenvalue weighted by Gasteiger charge is -2.32. The van der Waals surface area contributed by atoms with Gasteiger partial charge in [0.2, 0.25) is 5.88 Å². The van der Waals surface area contributed by atoms with E-state index in [0.717, 1.165) is 12.8 Å². The van der Waals surface area contributed by atoms with Crippen LogP contribution < -0.4 is 9.47 Å². The first-order valence-corrected chi connectivity index (χ1v) is 7.62. The van der Waals surface area contributed by atoms with Crippen LogP contribution >= 0.6 is 0 Å². The maximum atomic E-state index is 12.5.